The predicted molar refractivity (Wildman–Crippen MR) is 71.1 cm³/mol. The zero-order chi connectivity index (χ0) is 12.8. The molecule has 0 fully saturated rings. The minimum Gasteiger partial charge on any atom is -0.464 e. The van der Waals surface area contributed by atoms with Gasteiger partial charge in [0, 0.05) is 17.0 Å². The van der Waals surface area contributed by atoms with Crippen LogP contribution in [0.5, 0.6) is 0 Å². The number of carbonyl (C=O) groups is 1. The van der Waals surface area contributed by atoms with Gasteiger partial charge in [-0.05, 0) is 18.6 Å². The van der Waals surface area contributed by atoms with E-state index in [9.17, 15) is 4.79 Å². The van der Waals surface area contributed by atoms with Gasteiger partial charge >= 0.3 is 5.97 Å². The van der Waals surface area contributed by atoms with Crippen LogP contribution in [0.3, 0.4) is 0 Å². The number of hydrogen-bond donors (Lipinski definition) is 0. The highest BCUT2D eigenvalue weighted by molar-refractivity contribution is 5.92. The van der Waals surface area contributed by atoms with E-state index in [1.54, 1.807) is 12.3 Å². The first-order valence-electron chi connectivity index (χ1n) is 6.12. The Labute approximate surface area is 106 Å². The summed E-state index contributed by atoms with van der Waals surface area (Å²) in [4.78, 5) is 11.4. The van der Waals surface area contributed by atoms with Gasteiger partial charge in [0.2, 0.25) is 0 Å². The van der Waals surface area contributed by atoms with Crippen molar-refractivity contribution in [1.82, 2.24) is 0 Å². The van der Waals surface area contributed by atoms with Gasteiger partial charge in [-0.3, -0.25) is 0 Å². The van der Waals surface area contributed by atoms with Crippen LogP contribution < -0.4 is 0 Å². The Bertz CT molecular complexity index is 552. The van der Waals surface area contributed by atoms with Crippen LogP contribution in [0.4, 0.5) is 0 Å². The topological polar surface area (TPSA) is 39.4 Å². The quantitative estimate of drug-likeness (QED) is 0.456. The van der Waals surface area contributed by atoms with Crippen molar-refractivity contribution in [3.05, 3.63) is 42.2 Å². The van der Waals surface area contributed by atoms with Gasteiger partial charge < -0.3 is 9.15 Å². The maximum Gasteiger partial charge on any atom is 0.330 e. The van der Waals surface area contributed by atoms with E-state index in [1.807, 2.05) is 24.3 Å². The van der Waals surface area contributed by atoms with E-state index in [4.69, 9.17) is 9.15 Å². The van der Waals surface area contributed by atoms with Crippen molar-refractivity contribution >= 4 is 23.0 Å². The number of rotatable bonds is 5. The van der Waals surface area contributed by atoms with Crippen molar-refractivity contribution in [2.24, 2.45) is 0 Å². The summed E-state index contributed by atoms with van der Waals surface area (Å²) in [5.41, 5.74) is 1.70. The summed E-state index contributed by atoms with van der Waals surface area (Å²) in [5, 5.41) is 0.995. The Hall–Kier alpha value is -2.03. The van der Waals surface area contributed by atoms with Crippen LogP contribution in [0.15, 0.2) is 41.0 Å². The normalized spacial score (nSPS) is 11.2. The van der Waals surface area contributed by atoms with Crippen LogP contribution in [0.2, 0.25) is 0 Å². The Kier molecular flexibility index (Phi) is 4.18. The summed E-state index contributed by atoms with van der Waals surface area (Å²) in [6.45, 7) is 2.53. The average Bonchev–Trinajstić information content (AvgIpc) is 2.80. The maximum atomic E-state index is 11.4. The molecule has 0 unspecified atom stereocenters. The molecule has 0 radical (unpaired) electrons. The minimum absolute atomic E-state index is 0.311. The molecule has 0 saturated carbocycles. The second kappa shape index (κ2) is 6.05. The molecule has 0 saturated heterocycles. The lowest BCUT2D eigenvalue weighted by Gasteiger charge is -1.98. The molecule has 0 bridgehead atoms. The number of carbonyl (C=O) groups excluding carboxylic acids is 1. The number of para-hydroxylation sites is 1. The maximum absolute atomic E-state index is 11.4. The third-order valence-corrected chi connectivity index (χ3v) is 2.65. The second-order valence-electron chi connectivity index (χ2n) is 4.04. The SMILES string of the molecule is CCCCOC(=O)/C=C/c1coc2ccccc12. The van der Waals surface area contributed by atoms with E-state index in [-0.39, 0.29) is 5.97 Å². The molecule has 0 aliphatic heterocycles. The molecule has 94 valence electrons. The Morgan fingerprint density at radius 3 is 3.06 bits per heavy atom. The van der Waals surface area contributed by atoms with E-state index in [0.29, 0.717) is 6.61 Å². The zero-order valence-electron chi connectivity index (χ0n) is 10.4. The number of ether oxygens (including phenoxy) is 1. The molecular weight excluding hydrogens is 228 g/mol. The van der Waals surface area contributed by atoms with Crippen molar-refractivity contribution < 1.29 is 13.9 Å². The molecule has 1 heterocycles. The number of fused-ring (bicyclic) bond motifs is 1. The van der Waals surface area contributed by atoms with Gasteiger partial charge in [0.1, 0.15) is 5.58 Å². The van der Waals surface area contributed by atoms with Gasteiger partial charge in [-0.25, -0.2) is 4.79 Å². The molecule has 0 aliphatic carbocycles. The van der Waals surface area contributed by atoms with E-state index in [0.717, 1.165) is 29.4 Å². The summed E-state index contributed by atoms with van der Waals surface area (Å²) in [5.74, 6) is -0.311. The lowest BCUT2D eigenvalue weighted by Crippen LogP contribution is -2.01. The van der Waals surface area contributed by atoms with Gasteiger partial charge in [-0.1, -0.05) is 31.5 Å². The number of benzene rings is 1. The molecule has 2 rings (SSSR count). The molecule has 0 N–H and O–H groups in total. The molecule has 18 heavy (non-hydrogen) atoms. The van der Waals surface area contributed by atoms with Crippen LogP contribution in [0, 0.1) is 0 Å². The van der Waals surface area contributed by atoms with Crippen LogP contribution in [0.25, 0.3) is 17.0 Å². The smallest absolute Gasteiger partial charge is 0.330 e. The Balaban J connectivity index is 2.02. The Morgan fingerprint density at radius 2 is 2.22 bits per heavy atom. The number of hydrogen-bond acceptors (Lipinski definition) is 3. The first-order valence-corrected chi connectivity index (χ1v) is 6.12. The molecule has 1 aromatic carbocycles. The predicted octanol–water partition coefficient (Wildman–Crippen LogP) is 3.79. The number of unbranched alkanes of at least 4 members (excludes halogenated alkanes) is 1. The first-order chi connectivity index (χ1) is 8.81. The van der Waals surface area contributed by atoms with E-state index < -0.39 is 0 Å². The van der Waals surface area contributed by atoms with Crippen molar-refractivity contribution in [3.63, 3.8) is 0 Å². The lowest BCUT2D eigenvalue weighted by atomic mass is 10.1. The minimum atomic E-state index is -0.311. The third kappa shape index (κ3) is 3.00. The highest BCUT2D eigenvalue weighted by Gasteiger charge is 2.02. The van der Waals surface area contributed by atoms with E-state index in [1.165, 1.54) is 6.08 Å². The summed E-state index contributed by atoms with van der Waals surface area (Å²) >= 11 is 0. The number of furan rings is 1. The fraction of sp³-hybridized carbons (Fsp3) is 0.267. The van der Waals surface area contributed by atoms with Crippen molar-refractivity contribution in [2.75, 3.05) is 6.61 Å². The fourth-order valence-corrected chi connectivity index (χ4v) is 1.65. The molecule has 1 aromatic heterocycles. The summed E-state index contributed by atoms with van der Waals surface area (Å²) < 4.78 is 10.4. The van der Waals surface area contributed by atoms with Gasteiger partial charge in [-0.2, -0.15) is 0 Å². The van der Waals surface area contributed by atoms with Gasteiger partial charge in [0.05, 0.1) is 12.9 Å². The van der Waals surface area contributed by atoms with E-state index in [2.05, 4.69) is 6.92 Å². The fourth-order valence-electron chi connectivity index (χ4n) is 1.65. The van der Waals surface area contributed by atoms with E-state index >= 15 is 0 Å². The molecule has 0 aliphatic rings. The van der Waals surface area contributed by atoms with Crippen LogP contribution >= 0.6 is 0 Å². The lowest BCUT2D eigenvalue weighted by molar-refractivity contribution is -0.137. The molecule has 2 aromatic rings. The van der Waals surface area contributed by atoms with Crippen LogP contribution in [-0.2, 0) is 9.53 Å². The standard InChI is InChI=1S/C15H16O3/c1-2-3-10-17-15(16)9-8-12-11-18-14-7-5-4-6-13(12)14/h4-9,11H,2-3,10H2,1H3/b9-8+. The Morgan fingerprint density at radius 1 is 1.39 bits per heavy atom. The molecule has 0 spiro atoms. The average molecular weight is 244 g/mol. The summed E-state index contributed by atoms with van der Waals surface area (Å²) in [6, 6.07) is 7.71. The van der Waals surface area contributed by atoms with Gasteiger partial charge in [-0.15, -0.1) is 0 Å². The van der Waals surface area contributed by atoms with Gasteiger partial charge in [0.15, 0.2) is 0 Å². The number of esters is 1. The monoisotopic (exact) mass is 244 g/mol. The summed E-state index contributed by atoms with van der Waals surface area (Å²) in [6.07, 6.45) is 6.71. The van der Waals surface area contributed by atoms with Crippen LogP contribution in [0.1, 0.15) is 25.3 Å². The van der Waals surface area contributed by atoms with Gasteiger partial charge in [0.25, 0.3) is 0 Å². The molecule has 0 amide bonds. The molecular formula is C15H16O3. The third-order valence-electron chi connectivity index (χ3n) is 2.65. The highest BCUT2D eigenvalue weighted by atomic mass is 16.5. The molecule has 3 heteroatoms. The first kappa shape index (κ1) is 12.4. The second-order valence-corrected chi connectivity index (χ2v) is 4.04. The molecule has 3 nitrogen and oxygen atoms in total. The highest BCUT2D eigenvalue weighted by Crippen LogP contribution is 2.21. The largest absolute Gasteiger partial charge is 0.464 e. The zero-order valence-corrected chi connectivity index (χ0v) is 10.4. The summed E-state index contributed by atoms with van der Waals surface area (Å²) in [7, 11) is 0. The van der Waals surface area contributed by atoms with Crippen molar-refractivity contribution in [3.8, 4) is 0 Å². The molecule has 0 atom stereocenters. The van der Waals surface area contributed by atoms with Crippen LogP contribution in [-0.4, -0.2) is 12.6 Å². The van der Waals surface area contributed by atoms with Crippen molar-refractivity contribution in [1.29, 1.82) is 0 Å². The van der Waals surface area contributed by atoms with Crippen molar-refractivity contribution in [2.45, 2.75) is 19.8 Å².